The molecule has 0 radical (unpaired) electrons. The van der Waals surface area contributed by atoms with Gasteiger partial charge >= 0.3 is 0 Å². The highest BCUT2D eigenvalue weighted by atomic mass is 16.5. The lowest BCUT2D eigenvalue weighted by Crippen LogP contribution is -2.24. The molecule has 7 nitrogen and oxygen atoms in total. The average Bonchev–Trinajstić information content (AvgIpc) is 2.97. The summed E-state index contributed by atoms with van der Waals surface area (Å²) >= 11 is 0. The highest BCUT2D eigenvalue weighted by molar-refractivity contribution is 6.23. The summed E-state index contributed by atoms with van der Waals surface area (Å²) in [5, 5.41) is 0. The molecular weight excluding hydrogens is 324 g/mol. The van der Waals surface area contributed by atoms with E-state index in [1.165, 1.54) is 14.1 Å². The number of ether oxygens (including phenoxy) is 1. The molecule has 0 N–H and O–H groups in total. The van der Waals surface area contributed by atoms with Gasteiger partial charge in [-0.1, -0.05) is 12.1 Å². The first-order valence-corrected chi connectivity index (χ1v) is 7.50. The van der Waals surface area contributed by atoms with Crippen LogP contribution in [0.15, 0.2) is 36.4 Å². The summed E-state index contributed by atoms with van der Waals surface area (Å²) < 4.78 is 5.80. The molecule has 4 amide bonds. The van der Waals surface area contributed by atoms with Crippen molar-refractivity contribution in [2.24, 2.45) is 0 Å². The number of nitrogens with zero attached hydrogens (tertiary/aromatic N) is 2. The van der Waals surface area contributed by atoms with Gasteiger partial charge in [0, 0.05) is 14.1 Å². The largest absolute Gasteiger partial charge is 0.456 e. The van der Waals surface area contributed by atoms with Crippen LogP contribution in [0.25, 0.3) is 0 Å². The Bertz CT molecular complexity index is 915. The number of rotatable bonds is 2. The van der Waals surface area contributed by atoms with Gasteiger partial charge in [0.05, 0.1) is 22.3 Å². The molecule has 2 aliphatic rings. The Labute approximate surface area is 142 Å². The zero-order chi connectivity index (χ0) is 17.9. The smallest absolute Gasteiger partial charge is 0.265 e. The number of carbonyl (C=O) groups is 4. The number of hydrogen-bond acceptors (Lipinski definition) is 5. The summed E-state index contributed by atoms with van der Waals surface area (Å²) in [6, 6.07) is 9.39. The molecule has 124 valence electrons. The average molecular weight is 336 g/mol. The van der Waals surface area contributed by atoms with E-state index in [4.69, 9.17) is 4.74 Å². The number of amides is 4. The lowest BCUT2D eigenvalue weighted by molar-refractivity contribution is 0.0678. The van der Waals surface area contributed by atoms with E-state index in [9.17, 15) is 19.2 Å². The normalized spacial score (nSPS) is 15.8. The fourth-order valence-corrected chi connectivity index (χ4v) is 3.03. The maximum Gasteiger partial charge on any atom is 0.265 e. The minimum absolute atomic E-state index is 0.151. The van der Waals surface area contributed by atoms with Crippen LogP contribution in [0.5, 0.6) is 11.5 Å². The van der Waals surface area contributed by atoms with Crippen molar-refractivity contribution >= 4 is 23.6 Å². The van der Waals surface area contributed by atoms with Crippen molar-refractivity contribution in [2.75, 3.05) is 14.1 Å². The first-order chi connectivity index (χ1) is 11.9. The van der Waals surface area contributed by atoms with E-state index >= 15 is 0 Å². The molecule has 0 saturated carbocycles. The first-order valence-electron chi connectivity index (χ1n) is 7.50. The summed E-state index contributed by atoms with van der Waals surface area (Å²) in [5.41, 5.74) is 0.796. The molecule has 0 aliphatic carbocycles. The Morgan fingerprint density at radius 2 is 1.04 bits per heavy atom. The highest BCUT2D eigenvalue weighted by Crippen LogP contribution is 2.37. The predicted molar refractivity (Wildman–Crippen MR) is 85.8 cm³/mol. The van der Waals surface area contributed by atoms with E-state index in [2.05, 4.69) is 0 Å². The maximum atomic E-state index is 12.3. The molecule has 25 heavy (non-hydrogen) atoms. The van der Waals surface area contributed by atoms with Crippen LogP contribution in [0, 0.1) is 0 Å². The highest BCUT2D eigenvalue weighted by Gasteiger charge is 2.38. The summed E-state index contributed by atoms with van der Waals surface area (Å²) in [7, 11) is 2.79. The molecule has 0 unspecified atom stereocenters. The fourth-order valence-electron chi connectivity index (χ4n) is 3.03. The van der Waals surface area contributed by atoms with Crippen LogP contribution in [0.1, 0.15) is 41.4 Å². The van der Waals surface area contributed by atoms with Crippen molar-refractivity contribution in [1.82, 2.24) is 9.80 Å². The van der Waals surface area contributed by atoms with Crippen molar-refractivity contribution in [3.8, 4) is 11.5 Å². The standard InChI is InChI=1S/C18H12N2O5/c1-19-15(21)9-5-3-7-11(13(9)17(19)23)25-12-8-4-6-10-14(12)18(24)20(2)16(10)22/h3-8H,1-2H3. The summed E-state index contributed by atoms with van der Waals surface area (Å²) in [6.07, 6.45) is 0. The van der Waals surface area contributed by atoms with E-state index in [1.807, 2.05) is 0 Å². The summed E-state index contributed by atoms with van der Waals surface area (Å²) in [5.74, 6) is -1.42. The van der Waals surface area contributed by atoms with Gasteiger partial charge in [0.15, 0.2) is 0 Å². The SMILES string of the molecule is CN1C(=O)c2cccc(Oc3cccc4c3C(=O)N(C)C4=O)c2C1=O. The van der Waals surface area contributed by atoms with Gasteiger partial charge < -0.3 is 4.74 Å². The Morgan fingerprint density at radius 1 is 0.640 bits per heavy atom. The molecule has 0 fully saturated rings. The molecule has 0 saturated heterocycles. The zero-order valence-corrected chi connectivity index (χ0v) is 13.4. The van der Waals surface area contributed by atoms with Gasteiger partial charge in [-0.15, -0.1) is 0 Å². The Kier molecular flexibility index (Phi) is 3.02. The molecule has 7 heteroatoms. The second kappa shape index (κ2) is 5.01. The molecule has 2 aromatic carbocycles. The molecular formula is C18H12N2O5. The molecule has 2 heterocycles. The third-order valence-corrected chi connectivity index (χ3v) is 4.38. The zero-order valence-electron chi connectivity index (χ0n) is 13.4. The van der Waals surface area contributed by atoms with Crippen LogP contribution >= 0.6 is 0 Å². The van der Waals surface area contributed by atoms with Crippen LogP contribution in [-0.4, -0.2) is 47.5 Å². The van der Waals surface area contributed by atoms with Crippen LogP contribution in [0.3, 0.4) is 0 Å². The Balaban J connectivity index is 1.83. The van der Waals surface area contributed by atoms with Crippen LogP contribution in [0.4, 0.5) is 0 Å². The van der Waals surface area contributed by atoms with Gasteiger partial charge in [0.2, 0.25) is 0 Å². The fraction of sp³-hybridized carbons (Fsp3) is 0.111. The molecule has 2 aromatic rings. The summed E-state index contributed by atoms with van der Waals surface area (Å²) in [4.78, 5) is 50.8. The van der Waals surface area contributed by atoms with E-state index in [0.717, 1.165) is 9.80 Å². The third kappa shape index (κ3) is 1.92. The second-order valence-electron chi connectivity index (χ2n) is 5.80. The maximum absolute atomic E-state index is 12.3. The number of carbonyl (C=O) groups excluding carboxylic acids is 4. The minimum Gasteiger partial charge on any atom is -0.456 e. The monoisotopic (exact) mass is 336 g/mol. The van der Waals surface area contributed by atoms with Gasteiger partial charge in [-0.05, 0) is 24.3 Å². The molecule has 4 rings (SSSR count). The van der Waals surface area contributed by atoms with E-state index in [1.54, 1.807) is 36.4 Å². The Morgan fingerprint density at radius 3 is 1.44 bits per heavy atom. The van der Waals surface area contributed by atoms with E-state index < -0.39 is 23.6 Å². The molecule has 2 aliphatic heterocycles. The van der Waals surface area contributed by atoms with Gasteiger partial charge in [0.1, 0.15) is 11.5 Å². The van der Waals surface area contributed by atoms with Crippen LogP contribution in [0.2, 0.25) is 0 Å². The van der Waals surface area contributed by atoms with Crippen molar-refractivity contribution in [1.29, 1.82) is 0 Å². The first kappa shape index (κ1) is 15.1. The van der Waals surface area contributed by atoms with Gasteiger partial charge in [0.25, 0.3) is 23.6 Å². The lowest BCUT2D eigenvalue weighted by Gasteiger charge is -2.11. The quantitative estimate of drug-likeness (QED) is 0.783. The van der Waals surface area contributed by atoms with Crippen molar-refractivity contribution in [3.05, 3.63) is 58.7 Å². The number of fused-ring (bicyclic) bond motifs is 2. The molecule has 0 atom stereocenters. The van der Waals surface area contributed by atoms with Gasteiger partial charge in [-0.2, -0.15) is 0 Å². The van der Waals surface area contributed by atoms with E-state index in [-0.39, 0.29) is 33.8 Å². The van der Waals surface area contributed by atoms with Crippen LogP contribution < -0.4 is 4.74 Å². The number of hydrogen-bond donors (Lipinski definition) is 0. The molecule has 0 spiro atoms. The van der Waals surface area contributed by atoms with Crippen LogP contribution in [-0.2, 0) is 0 Å². The number of imide groups is 2. The minimum atomic E-state index is -0.470. The van der Waals surface area contributed by atoms with Crippen molar-refractivity contribution in [2.45, 2.75) is 0 Å². The van der Waals surface area contributed by atoms with E-state index in [0.29, 0.717) is 0 Å². The number of benzene rings is 2. The van der Waals surface area contributed by atoms with Crippen molar-refractivity contribution < 1.29 is 23.9 Å². The topological polar surface area (TPSA) is 84.0 Å². The lowest BCUT2D eigenvalue weighted by atomic mass is 10.1. The predicted octanol–water partition coefficient (Wildman–Crippen LogP) is 1.93. The summed E-state index contributed by atoms with van der Waals surface area (Å²) in [6.45, 7) is 0. The van der Waals surface area contributed by atoms with Crippen molar-refractivity contribution in [3.63, 3.8) is 0 Å². The van der Waals surface area contributed by atoms with Gasteiger partial charge in [-0.3, -0.25) is 29.0 Å². The third-order valence-electron chi connectivity index (χ3n) is 4.38. The molecule has 0 aromatic heterocycles. The molecule has 0 bridgehead atoms. The van der Waals surface area contributed by atoms with Gasteiger partial charge in [-0.25, -0.2) is 0 Å². The second-order valence-corrected chi connectivity index (χ2v) is 5.80. The Hall–Kier alpha value is -3.48.